The van der Waals surface area contributed by atoms with Gasteiger partial charge in [0.25, 0.3) is 5.91 Å². The van der Waals surface area contributed by atoms with E-state index < -0.39 is 35.2 Å². The van der Waals surface area contributed by atoms with Crippen molar-refractivity contribution in [1.82, 2.24) is 10.6 Å². The van der Waals surface area contributed by atoms with Gasteiger partial charge < -0.3 is 25.4 Å². The summed E-state index contributed by atoms with van der Waals surface area (Å²) in [4.78, 5) is 42.2. The molecule has 0 saturated carbocycles. The zero-order chi connectivity index (χ0) is 22.1. The molecule has 0 aromatic heterocycles. The highest BCUT2D eigenvalue weighted by Gasteiger charge is 2.55. The Morgan fingerprint density at radius 2 is 1.97 bits per heavy atom. The second-order valence-corrected chi connectivity index (χ2v) is 7.02. The van der Waals surface area contributed by atoms with E-state index >= 15 is 0 Å². The molecule has 0 bridgehead atoms. The van der Waals surface area contributed by atoms with E-state index in [4.69, 9.17) is 10.6 Å². The summed E-state index contributed by atoms with van der Waals surface area (Å²) in [5, 5.41) is 19.1. The topological polar surface area (TPSA) is 152 Å². The van der Waals surface area contributed by atoms with E-state index in [1.807, 2.05) is 0 Å². The Bertz CT molecular complexity index is 776. The van der Waals surface area contributed by atoms with Gasteiger partial charge in [0.1, 0.15) is 0 Å². The van der Waals surface area contributed by atoms with Gasteiger partial charge in [-0.25, -0.2) is 4.79 Å². The molecule has 5 N–H and O–H groups in total. The monoisotopic (exact) mass is 420 g/mol. The van der Waals surface area contributed by atoms with Crippen molar-refractivity contribution in [2.75, 3.05) is 19.7 Å². The minimum atomic E-state index is -1.99. The Kier molecular flexibility index (Phi) is 8.46. The van der Waals surface area contributed by atoms with E-state index in [1.54, 1.807) is 31.2 Å². The Hall–Kier alpha value is -2.82. The van der Waals surface area contributed by atoms with Crippen LogP contribution in [0.15, 0.2) is 29.4 Å². The number of hydrogen-bond donors (Lipinski definition) is 4. The number of nitrogens with zero attached hydrogens (tertiary/aromatic N) is 1. The van der Waals surface area contributed by atoms with E-state index in [2.05, 4.69) is 20.7 Å². The smallest absolute Gasteiger partial charge is 0.344 e. The van der Waals surface area contributed by atoms with Gasteiger partial charge in [0.2, 0.25) is 5.60 Å². The first-order chi connectivity index (χ1) is 14.4. The van der Waals surface area contributed by atoms with Crippen molar-refractivity contribution in [1.29, 1.82) is 0 Å². The molecule has 1 aromatic carbocycles. The third-order valence-corrected chi connectivity index (χ3v) is 5.15. The van der Waals surface area contributed by atoms with Gasteiger partial charge in [0.05, 0.1) is 12.3 Å². The lowest BCUT2D eigenvalue weighted by Gasteiger charge is -2.39. The van der Waals surface area contributed by atoms with Crippen LogP contribution in [0.3, 0.4) is 0 Å². The minimum absolute atomic E-state index is 0.0676. The predicted octanol–water partition coefficient (Wildman–Crippen LogP) is 0.458. The molecule has 10 heteroatoms. The lowest BCUT2D eigenvalue weighted by molar-refractivity contribution is -0.182. The molecule has 0 aliphatic carbocycles. The number of aliphatic carboxylic acids is 1. The van der Waals surface area contributed by atoms with E-state index in [1.165, 1.54) is 13.1 Å². The Balaban J connectivity index is 2.18. The Morgan fingerprint density at radius 3 is 2.50 bits per heavy atom. The number of hydrogen-bond acceptors (Lipinski definition) is 8. The van der Waals surface area contributed by atoms with Gasteiger partial charge in [-0.2, -0.15) is 0 Å². The van der Waals surface area contributed by atoms with Gasteiger partial charge in [-0.3, -0.25) is 9.59 Å². The zero-order valence-electron chi connectivity index (χ0n) is 17.1. The quantitative estimate of drug-likeness (QED) is 0.242. The summed E-state index contributed by atoms with van der Waals surface area (Å²) in [7, 11) is 0. The number of carbonyl (C=O) groups is 3. The van der Waals surface area contributed by atoms with E-state index in [0.717, 1.165) is 0 Å². The van der Waals surface area contributed by atoms with Crippen molar-refractivity contribution < 1.29 is 29.2 Å². The highest BCUT2D eigenvalue weighted by Crippen LogP contribution is 2.32. The molecule has 0 spiro atoms. The molecule has 164 valence electrons. The summed E-state index contributed by atoms with van der Waals surface area (Å²) in [6.45, 7) is 4.39. The molecule has 10 nitrogen and oxygen atoms in total. The van der Waals surface area contributed by atoms with Crippen LogP contribution >= 0.6 is 0 Å². The van der Waals surface area contributed by atoms with Crippen molar-refractivity contribution in [2.24, 2.45) is 17.0 Å². The van der Waals surface area contributed by atoms with Crippen molar-refractivity contribution in [2.45, 2.75) is 38.3 Å². The average Bonchev–Trinajstić information content (AvgIpc) is 2.76. The Labute approximate surface area is 174 Å². The fourth-order valence-electron chi connectivity index (χ4n) is 3.67. The molecule has 2 rings (SSSR count). The number of nitrogens with two attached hydrogens (primary N) is 1. The lowest BCUT2D eigenvalue weighted by atomic mass is 9.76. The summed E-state index contributed by atoms with van der Waals surface area (Å²) in [6.07, 6.45) is 2.36. The largest absolute Gasteiger partial charge is 0.479 e. The van der Waals surface area contributed by atoms with Crippen LogP contribution in [0, 0.1) is 5.92 Å². The van der Waals surface area contributed by atoms with E-state index in [-0.39, 0.29) is 6.61 Å². The number of nitrogens with one attached hydrogen (secondary N) is 2. The molecule has 1 aromatic rings. The van der Waals surface area contributed by atoms with Crippen LogP contribution in [-0.4, -0.2) is 60.3 Å². The Morgan fingerprint density at radius 1 is 1.33 bits per heavy atom. The summed E-state index contributed by atoms with van der Waals surface area (Å²) >= 11 is 0. The number of ether oxygens (including phenoxy) is 1. The maximum absolute atomic E-state index is 13.3. The summed E-state index contributed by atoms with van der Waals surface area (Å²) in [5.74, 6) is 1.84. The molecule has 0 radical (unpaired) electrons. The van der Waals surface area contributed by atoms with E-state index in [9.17, 15) is 19.5 Å². The van der Waals surface area contributed by atoms with Crippen LogP contribution < -0.4 is 16.5 Å². The predicted molar refractivity (Wildman–Crippen MR) is 109 cm³/mol. The van der Waals surface area contributed by atoms with Crippen LogP contribution in [-0.2, 0) is 19.3 Å². The van der Waals surface area contributed by atoms with Crippen molar-refractivity contribution in [3.8, 4) is 0 Å². The molecule has 1 aliphatic heterocycles. The highest BCUT2D eigenvalue weighted by molar-refractivity contribution is 6.11. The van der Waals surface area contributed by atoms with Crippen molar-refractivity contribution in [3.05, 3.63) is 35.4 Å². The van der Waals surface area contributed by atoms with Crippen molar-refractivity contribution in [3.63, 3.8) is 0 Å². The molecule has 2 atom stereocenters. The molecular weight excluding hydrogens is 392 g/mol. The van der Waals surface area contributed by atoms with Crippen LogP contribution in [0.4, 0.5) is 0 Å². The number of rotatable bonds is 10. The maximum atomic E-state index is 13.3. The van der Waals surface area contributed by atoms with Crippen LogP contribution in [0.2, 0.25) is 0 Å². The number of piperidine rings is 1. The van der Waals surface area contributed by atoms with Crippen LogP contribution in [0.5, 0.6) is 0 Å². The van der Waals surface area contributed by atoms with Gasteiger partial charge in [0.15, 0.2) is 5.78 Å². The first-order valence-electron chi connectivity index (χ1n) is 9.79. The van der Waals surface area contributed by atoms with E-state index in [0.29, 0.717) is 37.1 Å². The number of carbonyl (C=O) groups excluding carboxylic acids is 2. The number of oxime groups is 1. The average molecular weight is 420 g/mol. The lowest BCUT2D eigenvalue weighted by Crippen LogP contribution is -2.62. The second-order valence-electron chi connectivity index (χ2n) is 7.02. The fraction of sp³-hybridized carbons (Fsp3) is 0.500. The number of Topliss-reactive ketones (excluding diaryl/α,β-unsaturated/α-hetero) is 1. The van der Waals surface area contributed by atoms with Gasteiger partial charge in [0, 0.05) is 18.1 Å². The highest BCUT2D eigenvalue weighted by atomic mass is 16.7. The van der Waals surface area contributed by atoms with Gasteiger partial charge in [-0.15, -0.1) is 5.90 Å². The first kappa shape index (κ1) is 23.5. The molecule has 2 unspecified atom stereocenters. The standard InChI is InChI=1S/C20H28N4O6/c1-3-29-20(19(27)28,16-8-10-22-11-9-16)17(25)13(2)24-18(26)15-6-4-14(5-7-15)12-23-30-21/h4-7,12-13,16,22H,3,8-11,21H2,1-2H3,(H,24,26)(H,27,28). The SMILES string of the molecule is CCOC(C(=O)O)(C(=O)C(C)NC(=O)c1ccc(C=NON)cc1)C1CCNCC1. The number of amides is 1. The third kappa shape index (κ3) is 5.21. The molecule has 1 aliphatic rings. The van der Waals surface area contributed by atoms with Gasteiger partial charge in [-0.1, -0.05) is 17.3 Å². The number of benzene rings is 1. The number of ketones is 1. The van der Waals surface area contributed by atoms with Crippen molar-refractivity contribution >= 4 is 23.9 Å². The summed E-state index contributed by atoms with van der Waals surface area (Å²) in [5.41, 5.74) is -1.03. The molecule has 1 saturated heterocycles. The number of carboxylic acids is 1. The van der Waals surface area contributed by atoms with Crippen LogP contribution in [0.25, 0.3) is 0 Å². The minimum Gasteiger partial charge on any atom is -0.479 e. The van der Waals surface area contributed by atoms with Gasteiger partial charge in [-0.05, 0) is 57.5 Å². The first-order valence-corrected chi connectivity index (χ1v) is 9.79. The third-order valence-electron chi connectivity index (χ3n) is 5.15. The normalized spacial score (nSPS) is 17.8. The van der Waals surface area contributed by atoms with Gasteiger partial charge >= 0.3 is 5.97 Å². The zero-order valence-corrected chi connectivity index (χ0v) is 17.1. The van der Waals surface area contributed by atoms with Crippen LogP contribution in [0.1, 0.15) is 42.6 Å². The molecule has 30 heavy (non-hydrogen) atoms. The molecule has 1 heterocycles. The summed E-state index contributed by atoms with van der Waals surface area (Å²) in [6, 6.07) is 5.29. The fourth-order valence-corrected chi connectivity index (χ4v) is 3.67. The molecular formula is C20H28N4O6. The molecule has 1 fully saturated rings. The molecule has 1 amide bonds. The number of carboxylic acid groups (broad SMARTS) is 1. The summed E-state index contributed by atoms with van der Waals surface area (Å²) < 4.78 is 5.59. The maximum Gasteiger partial charge on any atom is 0.344 e. The second kappa shape index (κ2) is 10.8.